The molecule has 5 rings (SSSR count). The molecule has 0 saturated carbocycles. The lowest BCUT2D eigenvalue weighted by atomic mass is 9.98. The second kappa shape index (κ2) is 12.4. The summed E-state index contributed by atoms with van der Waals surface area (Å²) in [6.45, 7) is 2.77. The second-order valence-corrected chi connectivity index (χ2v) is 9.55. The first-order valence-electron chi connectivity index (χ1n) is 13.3. The Morgan fingerprint density at radius 1 is 0.800 bits per heavy atom. The number of carboxylic acids is 1. The van der Waals surface area contributed by atoms with Crippen molar-refractivity contribution in [3.63, 3.8) is 0 Å². The van der Waals surface area contributed by atoms with Gasteiger partial charge in [0, 0.05) is 12.3 Å². The van der Waals surface area contributed by atoms with Crippen LogP contribution in [0.15, 0.2) is 97.1 Å². The number of rotatable bonds is 11. The number of amides is 1. The molecule has 7 nitrogen and oxygen atoms in total. The summed E-state index contributed by atoms with van der Waals surface area (Å²) in [5.74, 6) is -0.193. The van der Waals surface area contributed by atoms with E-state index in [2.05, 4.69) is 17.4 Å². The van der Waals surface area contributed by atoms with Gasteiger partial charge in [0.05, 0.1) is 6.61 Å². The van der Waals surface area contributed by atoms with Gasteiger partial charge in [-0.25, -0.2) is 9.59 Å². The highest BCUT2D eigenvalue weighted by atomic mass is 16.5. The van der Waals surface area contributed by atoms with Crippen LogP contribution in [-0.2, 0) is 22.6 Å². The Bertz CT molecular complexity index is 1440. The smallest absolute Gasteiger partial charge is 0.407 e. The van der Waals surface area contributed by atoms with Gasteiger partial charge in [-0.3, -0.25) is 0 Å². The minimum absolute atomic E-state index is 0.0541. The minimum atomic E-state index is -1.18. The van der Waals surface area contributed by atoms with Gasteiger partial charge in [0.25, 0.3) is 0 Å². The summed E-state index contributed by atoms with van der Waals surface area (Å²) < 4.78 is 17.3. The second-order valence-electron chi connectivity index (χ2n) is 9.55. The molecule has 0 bridgehead atoms. The van der Waals surface area contributed by atoms with Crippen molar-refractivity contribution in [3.8, 4) is 22.6 Å². The molecular weight excluding hydrogens is 506 g/mol. The van der Waals surface area contributed by atoms with E-state index in [1.807, 2.05) is 73.7 Å². The van der Waals surface area contributed by atoms with E-state index in [9.17, 15) is 14.7 Å². The standard InChI is InChI=1S/C33H31NO6/c1-2-38-31-19-23(16-17-30(31)39-20-22-10-4-3-5-11-22)18-29(32(35)36)34-33(37)40-21-28-26-14-8-6-12-24(26)25-13-7-9-15-27(25)28/h3-17,19,28-29H,2,18,20-21H2,1H3,(H,34,37)(H,35,36). The number of carbonyl (C=O) groups is 2. The van der Waals surface area contributed by atoms with Gasteiger partial charge in [-0.1, -0.05) is 84.9 Å². The maximum absolute atomic E-state index is 12.7. The van der Waals surface area contributed by atoms with Crippen molar-refractivity contribution in [1.82, 2.24) is 5.32 Å². The average Bonchev–Trinajstić information content (AvgIpc) is 3.29. The molecule has 1 aliphatic rings. The lowest BCUT2D eigenvalue weighted by Gasteiger charge is -2.18. The lowest BCUT2D eigenvalue weighted by Crippen LogP contribution is -2.42. The highest BCUT2D eigenvalue weighted by Crippen LogP contribution is 2.44. The molecule has 4 aromatic carbocycles. The molecule has 0 aromatic heterocycles. The predicted octanol–water partition coefficient (Wildman–Crippen LogP) is 6.20. The van der Waals surface area contributed by atoms with Crippen LogP contribution in [0.4, 0.5) is 4.79 Å². The van der Waals surface area contributed by atoms with Gasteiger partial charge >= 0.3 is 12.1 Å². The number of hydrogen-bond donors (Lipinski definition) is 2. The van der Waals surface area contributed by atoms with E-state index in [4.69, 9.17) is 14.2 Å². The fourth-order valence-corrected chi connectivity index (χ4v) is 5.02. The average molecular weight is 538 g/mol. The molecule has 204 valence electrons. The van der Waals surface area contributed by atoms with E-state index >= 15 is 0 Å². The Kier molecular flexibility index (Phi) is 8.30. The van der Waals surface area contributed by atoms with Crippen molar-refractivity contribution in [2.75, 3.05) is 13.2 Å². The molecule has 1 unspecified atom stereocenters. The van der Waals surface area contributed by atoms with Crippen LogP contribution in [0.5, 0.6) is 11.5 Å². The highest BCUT2D eigenvalue weighted by Gasteiger charge is 2.30. The van der Waals surface area contributed by atoms with Crippen molar-refractivity contribution in [2.24, 2.45) is 0 Å². The van der Waals surface area contributed by atoms with E-state index in [0.29, 0.717) is 30.3 Å². The van der Waals surface area contributed by atoms with Crippen molar-refractivity contribution < 1.29 is 28.9 Å². The van der Waals surface area contributed by atoms with Gasteiger partial charge in [-0.2, -0.15) is 0 Å². The van der Waals surface area contributed by atoms with Crippen molar-refractivity contribution in [2.45, 2.75) is 31.9 Å². The summed E-state index contributed by atoms with van der Waals surface area (Å²) in [7, 11) is 0. The predicted molar refractivity (Wildman–Crippen MR) is 152 cm³/mol. The third-order valence-electron chi connectivity index (χ3n) is 6.92. The number of carbonyl (C=O) groups excluding carboxylic acids is 1. The number of carboxylic acid groups (broad SMARTS) is 1. The van der Waals surface area contributed by atoms with Gasteiger partial charge in [-0.15, -0.1) is 0 Å². The normalized spacial score (nSPS) is 12.6. The molecule has 40 heavy (non-hydrogen) atoms. The fourth-order valence-electron chi connectivity index (χ4n) is 5.02. The largest absolute Gasteiger partial charge is 0.490 e. The maximum atomic E-state index is 12.7. The molecule has 0 fully saturated rings. The molecule has 1 atom stereocenters. The van der Waals surface area contributed by atoms with E-state index in [0.717, 1.165) is 27.8 Å². The Balaban J connectivity index is 1.23. The zero-order chi connectivity index (χ0) is 27.9. The van der Waals surface area contributed by atoms with Crippen LogP contribution >= 0.6 is 0 Å². The molecule has 4 aromatic rings. The van der Waals surface area contributed by atoms with Crippen LogP contribution in [0.2, 0.25) is 0 Å². The first kappa shape index (κ1) is 26.8. The van der Waals surface area contributed by atoms with Crippen LogP contribution in [0.25, 0.3) is 11.1 Å². The number of nitrogens with one attached hydrogen (secondary N) is 1. The quantitative estimate of drug-likeness (QED) is 0.237. The van der Waals surface area contributed by atoms with Crippen LogP contribution in [0.1, 0.15) is 35.1 Å². The molecule has 7 heteroatoms. The van der Waals surface area contributed by atoms with E-state index in [1.54, 1.807) is 18.2 Å². The monoisotopic (exact) mass is 537 g/mol. The Morgan fingerprint density at radius 2 is 1.45 bits per heavy atom. The zero-order valence-electron chi connectivity index (χ0n) is 22.2. The first-order valence-corrected chi connectivity index (χ1v) is 13.3. The molecule has 0 radical (unpaired) electrons. The summed E-state index contributed by atoms with van der Waals surface area (Å²) in [6, 6.07) is 30.0. The number of fused-ring (bicyclic) bond motifs is 3. The zero-order valence-corrected chi connectivity index (χ0v) is 22.2. The molecule has 1 aliphatic carbocycles. The summed E-state index contributed by atoms with van der Waals surface area (Å²) in [5.41, 5.74) is 6.12. The lowest BCUT2D eigenvalue weighted by molar-refractivity contribution is -0.139. The van der Waals surface area contributed by atoms with Crippen molar-refractivity contribution >= 4 is 12.1 Å². The van der Waals surface area contributed by atoms with E-state index in [1.165, 1.54) is 0 Å². The van der Waals surface area contributed by atoms with Gasteiger partial charge in [0.1, 0.15) is 19.3 Å². The van der Waals surface area contributed by atoms with Crippen LogP contribution < -0.4 is 14.8 Å². The Labute approximate surface area is 233 Å². The van der Waals surface area contributed by atoms with Crippen LogP contribution in [-0.4, -0.2) is 36.4 Å². The van der Waals surface area contributed by atoms with Crippen molar-refractivity contribution in [3.05, 3.63) is 119 Å². The van der Waals surface area contributed by atoms with Crippen LogP contribution in [0.3, 0.4) is 0 Å². The minimum Gasteiger partial charge on any atom is -0.490 e. The number of benzene rings is 4. The number of alkyl carbamates (subject to hydrolysis) is 1. The molecule has 2 N–H and O–H groups in total. The van der Waals surface area contributed by atoms with Crippen molar-refractivity contribution in [1.29, 1.82) is 0 Å². The van der Waals surface area contributed by atoms with Gasteiger partial charge in [0.2, 0.25) is 0 Å². The van der Waals surface area contributed by atoms with E-state index in [-0.39, 0.29) is 18.9 Å². The third kappa shape index (κ3) is 6.10. The first-order chi connectivity index (χ1) is 19.5. The molecule has 0 heterocycles. The fraction of sp³-hybridized carbons (Fsp3) is 0.212. The number of hydrogen-bond acceptors (Lipinski definition) is 5. The third-order valence-corrected chi connectivity index (χ3v) is 6.92. The van der Waals surface area contributed by atoms with Gasteiger partial charge in [-0.05, 0) is 52.4 Å². The summed E-state index contributed by atoms with van der Waals surface area (Å²) in [4.78, 5) is 24.8. The molecule has 0 aliphatic heterocycles. The van der Waals surface area contributed by atoms with Crippen LogP contribution in [0, 0.1) is 0 Å². The highest BCUT2D eigenvalue weighted by molar-refractivity contribution is 5.81. The summed E-state index contributed by atoms with van der Waals surface area (Å²) in [6.07, 6.45) is -0.722. The summed E-state index contributed by atoms with van der Waals surface area (Å²) in [5, 5.41) is 12.4. The topological polar surface area (TPSA) is 94.1 Å². The molecular formula is C33H31NO6. The molecule has 0 spiro atoms. The maximum Gasteiger partial charge on any atom is 0.407 e. The molecule has 0 saturated heterocycles. The van der Waals surface area contributed by atoms with E-state index < -0.39 is 18.1 Å². The SMILES string of the molecule is CCOc1cc(CC(NC(=O)OCC2c3ccccc3-c3ccccc32)C(=O)O)ccc1OCc1ccccc1. The van der Waals surface area contributed by atoms with Gasteiger partial charge in [0.15, 0.2) is 11.5 Å². The summed E-state index contributed by atoms with van der Waals surface area (Å²) >= 11 is 0. The number of aliphatic carboxylic acids is 1. The Morgan fingerprint density at radius 3 is 2.10 bits per heavy atom. The van der Waals surface area contributed by atoms with Gasteiger partial charge < -0.3 is 24.6 Å². The Hall–Kier alpha value is -4.78. The molecule has 1 amide bonds. The number of ether oxygens (including phenoxy) is 3.